The van der Waals surface area contributed by atoms with Crippen molar-refractivity contribution in [3.8, 4) is 5.75 Å². The zero-order chi connectivity index (χ0) is 15.8. The summed E-state index contributed by atoms with van der Waals surface area (Å²) in [7, 11) is 0. The molecular formula is C15H17N3O2S2. The Morgan fingerprint density at radius 3 is 3.05 bits per heavy atom. The molecule has 0 saturated heterocycles. The minimum absolute atomic E-state index is 0.0655. The Balaban J connectivity index is 1.88. The molecule has 0 aliphatic heterocycles. The van der Waals surface area contributed by atoms with E-state index in [0.717, 1.165) is 15.7 Å². The zero-order valence-corrected chi connectivity index (χ0v) is 13.9. The van der Waals surface area contributed by atoms with Crippen molar-refractivity contribution >= 4 is 34.1 Å². The molecule has 0 fully saturated rings. The lowest BCUT2D eigenvalue weighted by Gasteiger charge is -2.09. The molecule has 0 unspecified atom stereocenters. The van der Waals surface area contributed by atoms with E-state index in [-0.39, 0.29) is 12.5 Å². The SMILES string of the molecule is C=CCc1ccccc1OCC(=O)Nc1nnc(SCC)s1. The molecule has 116 valence electrons. The van der Waals surface area contributed by atoms with Gasteiger partial charge in [0.1, 0.15) is 5.75 Å². The molecule has 1 amide bonds. The average molecular weight is 335 g/mol. The first kappa shape index (κ1) is 16.5. The summed E-state index contributed by atoms with van der Waals surface area (Å²) < 4.78 is 6.41. The second-order valence-electron chi connectivity index (χ2n) is 4.24. The van der Waals surface area contributed by atoms with Gasteiger partial charge in [-0.3, -0.25) is 10.1 Å². The van der Waals surface area contributed by atoms with Gasteiger partial charge in [-0.25, -0.2) is 0 Å². The van der Waals surface area contributed by atoms with Gasteiger partial charge in [-0.2, -0.15) is 0 Å². The third-order valence-corrected chi connectivity index (χ3v) is 4.47. The topological polar surface area (TPSA) is 64.1 Å². The molecule has 0 aliphatic rings. The maximum absolute atomic E-state index is 11.9. The maximum atomic E-state index is 11.9. The lowest BCUT2D eigenvalue weighted by Crippen LogP contribution is -2.20. The molecule has 0 atom stereocenters. The number of ether oxygens (including phenoxy) is 1. The van der Waals surface area contributed by atoms with Gasteiger partial charge < -0.3 is 4.74 Å². The largest absolute Gasteiger partial charge is 0.483 e. The van der Waals surface area contributed by atoms with Crippen LogP contribution in [0.15, 0.2) is 41.3 Å². The molecule has 2 rings (SSSR count). The second kappa shape index (κ2) is 8.55. The molecule has 1 aromatic heterocycles. The fraction of sp³-hybridized carbons (Fsp3) is 0.267. The molecular weight excluding hydrogens is 318 g/mol. The van der Waals surface area contributed by atoms with Gasteiger partial charge in [-0.15, -0.1) is 16.8 Å². The van der Waals surface area contributed by atoms with Gasteiger partial charge in [0, 0.05) is 0 Å². The van der Waals surface area contributed by atoms with Gasteiger partial charge in [0.15, 0.2) is 10.9 Å². The molecule has 0 saturated carbocycles. The van der Waals surface area contributed by atoms with Crippen LogP contribution < -0.4 is 10.1 Å². The summed E-state index contributed by atoms with van der Waals surface area (Å²) in [5.41, 5.74) is 1.00. The summed E-state index contributed by atoms with van der Waals surface area (Å²) in [6, 6.07) is 7.60. The minimum atomic E-state index is -0.252. The van der Waals surface area contributed by atoms with E-state index < -0.39 is 0 Å². The highest BCUT2D eigenvalue weighted by atomic mass is 32.2. The van der Waals surface area contributed by atoms with Gasteiger partial charge in [0.05, 0.1) is 0 Å². The molecule has 2 aromatic rings. The summed E-state index contributed by atoms with van der Waals surface area (Å²) in [5.74, 6) is 1.36. The third-order valence-electron chi connectivity index (χ3n) is 2.62. The van der Waals surface area contributed by atoms with Gasteiger partial charge in [-0.1, -0.05) is 54.3 Å². The molecule has 1 N–H and O–H groups in total. The van der Waals surface area contributed by atoms with Crippen molar-refractivity contribution in [2.45, 2.75) is 17.7 Å². The number of aromatic nitrogens is 2. The number of carbonyl (C=O) groups excluding carboxylic acids is 1. The van der Waals surface area contributed by atoms with Crippen molar-refractivity contribution in [2.24, 2.45) is 0 Å². The minimum Gasteiger partial charge on any atom is -0.483 e. The number of nitrogens with one attached hydrogen (secondary N) is 1. The number of benzene rings is 1. The summed E-state index contributed by atoms with van der Waals surface area (Å²) in [6.07, 6.45) is 2.50. The molecule has 0 spiro atoms. The van der Waals surface area contributed by atoms with E-state index in [0.29, 0.717) is 17.3 Å². The Labute approximate surface area is 137 Å². The molecule has 0 aliphatic carbocycles. The first-order chi connectivity index (χ1) is 10.7. The number of allylic oxidation sites excluding steroid dienone is 1. The molecule has 0 radical (unpaired) electrons. The van der Waals surface area contributed by atoms with Crippen LogP contribution in [0.3, 0.4) is 0 Å². The van der Waals surface area contributed by atoms with Crippen LogP contribution in [0.4, 0.5) is 5.13 Å². The van der Waals surface area contributed by atoms with Gasteiger partial charge in [0.25, 0.3) is 5.91 Å². The Morgan fingerprint density at radius 2 is 2.27 bits per heavy atom. The van der Waals surface area contributed by atoms with E-state index in [1.165, 1.54) is 11.3 Å². The van der Waals surface area contributed by atoms with Crippen molar-refractivity contribution in [1.29, 1.82) is 0 Å². The number of thioether (sulfide) groups is 1. The van der Waals surface area contributed by atoms with Crippen LogP contribution in [0, 0.1) is 0 Å². The second-order valence-corrected chi connectivity index (χ2v) is 6.73. The number of anilines is 1. The number of hydrogen-bond donors (Lipinski definition) is 1. The van der Waals surface area contributed by atoms with Gasteiger partial charge >= 0.3 is 0 Å². The molecule has 0 bridgehead atoms. The summed E-state index contributed by atoms with van der Waals surface area (Å²) in [4.78, 5) is 11.9. The number of hydrogen-bond acceptors (Lipinski definition) is 6. The number of para-hydroxylation sites is 1. The Morgan fingerprint density at radius 1 is 1.45 bits per heavy atom. The fourth-order valence-corrected chi connectivity index (χ4v) is 3.37. The Kier molecular flexibility index (Phi) is 6.42. The van der Waals surface area contributed by atoms with Crippen LogP contribution in [-0.2, 0) is 11.2 Å². The summed E-state index contributed by atoms with van der Waals surface area (Å²) >= 11 is 2.95. The van der Waals surface area contributed by atoms with E-state index in [2.05, 4.69) is 22.1 Å². The maximum Gasteiger partial charge on any atom is 0.264 e. The molecule has 1 heterocycles. The van der Waals surface area contributed by atoms with Crippen LogP contribution in [-0.4, -0.2) is 28.5 Å². The standard InChI is InChI=1S/C15H17N3O2S2/c1-3-7-11-8-5-6-9-12(11)20-10-13(19)16-14-17-18-15(22-14)21-4-2/h3,5-6,8-9H,1,4,7,10H2,2H3,(H,16,17,19). The molecule has 7 heteroatoms. The van der Waals surface area contributed by atoms with Crippen molar-refractivity contribution in [3.63, 3.8) is 0 Å². The van der Waals surface area contributed by atoms with Crippen LogP contribution in [0.2, 0.25) is 0 Å². The average Bonchev–Trinajstić information content (AvgIpc) is 2.94. The monoisotopic (exact) mass is 335 g/mol. The fourth-order valence-electron chi connectivity index (χ4n) is 1.71. The predicted octanol–water partition coefficient (Wildman–Crippen LogP) is 3.40. The third kappa shape index (κ3) is 4.85. The van der Waals surface area contributed by atoms with Crippen LogP contribution in [0.25, 0.3) is 0 Å². The van der Waals surface area contributed by atoms with E-state index in [4.69, 9.17) is 4.74 Å². The highest BCUT2D eigenvalue weighted by Gasteiger charge is 2.10. The summed E-state index contributed by atoms with van der Waals surface area (Å²) in [6.45, 7) is 5.69. The van der Waals surface area contributed by atoms with E-state index in [1.54, 1.807) is 17.8 Å². The van der Waals surface area contributed by atoms with Crippen LogP contribution in [0.5, 0.6) is 5.75 Å². The van der Waals surface area contributed by atoms with Gasteiger partial charge in [-0.05, 0) is 23.8 Å². The number of rotatable bonds is 8. The molecule has 5 nitrogen and oxygen atoms in total. The summed E-state index contributed by atoms with van der Waals surface area (Å²) in [5, 5.41) is 11.1. The first-order valence-corrected chi connectivity index (χ1v) is 8.61. The van der Waals surface area contributed by atoms with Crippen molar-refractivity contribution < 1.29 is 9.53 Å². The Bertz CT molecular complexity index is 643. The number of amides is 1. The molecule has 22 heavy (non-hydrogen) atoms. The number of nitrogens with zero attached hydrogens (tertiary/aromatic N) is 2. The normalized spacial score (nSPS) is 10.2. The quantitative estimate of drug-likeness (QED) is 0.455. The number of carbonyl (C=O) groups is 1. The van der Waals surface area contributed by atoms with E-state index >= 15 is 0 Å². The van der Waals surface area contributed by atoms with E-state index in [9.17, 15) is 4.79 Å². The zero-order valence-electron chi connectivity index (χ0n) is 12.2. The van der Waals surface area contributed by atoms with E-state index in [1.807, 2.05) is 31.2 Å². The van der Waals surface area contributed by atoms with Crippen LogP contribution in [0.1, 0.15) is 12.5 Å². The first-order valence-electron chi connectivity index (χ1n) is 6.80. The van der Waals surface area contributed by atoms with Crippen LogP contribution >= 0.6 is 23.1 Å². The van der Waals surface area contributed by atoms with Crippen molar-refractivity contribution in [3.05, 3.63) is 42.5 Å². The van der Waals surface area contributed by atoms with Crippen molar-refractivity contribution in [1.82, 2.24) is 10.2 Å². The smallest absolute Gasteiger partial charge is 0.264 e. The lowest BCUT2D eigenvalue weighted by molar-refractivity contribution is -0.118. The Hall–Kier alpha value is -1.86. The highest BCUT2D eigenvalue weighted by molar-refractivity contribution is 8.01. The van der Waals surface area contributed by atoms with Gasteiger partial charge in [0.2, 0.25) is 5.13 Å². The van der Waals surface area contributed by atoms with Crippen molar-refractivity contribution in [2.75, 3.05) is 17.7 Å². The highest BCUT2D eigenvalue weighted by Crippen LogP contribution is 2.25. The predicted molar refractivity (Wildman–Crippen MR) is 90.8 cm³/mol. The lowest BCUT2D eigenvalue weighted by atomic mass is 10.1. The molecule has 1 aromatic carbocycles.